The minimum absolute atomic E-state index is 0.133. The van der Waals surface area contributed by atoms with Crippen LogP contribution in [-0.2, 0) is 6.18 Å². The Bertz CT molecular complexity index is 1380. The predicted octanol–water partition coefficient (Wildman–Crippen LogP) is 6.16. The third-order valence-corrected chi connectivity index (χ3v) is 5.61. The van der Waals surface area contributed by atoms with Gasteiger partial charge in [-0.15, -0.1) is 5.10 Å². The summed E-state index contributed by atoms with van der Waals surface area (Å²) in [7, 11) is 0. The molecule has 0 saturated carbocycles. The Morgan fingerprint density at radius 3 is 2.31 bits per heavy atom. The van der Waals surface area contributed by atoms with Crippen LogP contribution in [0.4, 0.5) is 18.9 Å². The van der Waals surface area contributed by atoms with Crippen LogP contribution in [0.3, 0.4) is 0 Å². The fraction of sp³-hybridized carbons (Fsp3) is 0.154. The number of hydrogen-bond donors (Lipinski definition) is 1. The molecule has 0 radical (unpaired) electrons. The van der Waals surface area contributed by atoms with Crippen LogP contribution in [0.25, 0.3) is 17.1 Å². The van der Waals surface area contributed by atoms with E-state index in [9.17, 15) is 13.2 Å². The average molecular weight is 509 g/mol. The van der Waals surface area contributed by atoms with Crippen molar-refractivity contribution in [2.24, 2.45) is 10.8 Å². The van der Waals surface area contributed by atoms with Crippen molar-refractivity contribution in [3.63, 3.8) is 0 Å². The van der Waals surface area contributed by atoms with Gasteiger partial charge in [-0.05, 0) is 59.6 Å². The second-order valence-electron chi connectivity index (χ2n) is 8.29. The van der Waals surface area contributed by atoms with Crippen LogP contribution in [0, 0.1) is 0 Å². The third-order valence-electron chi connectivity index (χ3n) is 5.44. The third kappa shape index (κ3) is 5.60. The second kappa shape index (κ2) is 10.3. The molecule has 0 fully saturated rings. The quantitative estimate of drug-likeness (QED) is 0.192. The van der Waals surface area contributed by atoms with Gasteiger partial charge in [-0.25, -0.2) is 14.7 Å². The maximum Gasteiger partial charge on any atom is 0.416 e. The Balaban J connectivity index is 1.52. The van der Waals surface area contributed by atoms with E-state index in [-0.39, 0.29) is 11.0 Å². The molecule has 4 rings (SSSR count). The Morgan fingerprint density at radius 1 is 1.03 bits per heavy atom. The molecule has 0 amide bonds. The van der Waals surface area contributed by atoms with Crippen molar-refractivity contribution in [2.75, 3.05) is 5.01 Å². The van der Waals surface area contributed by atoms with Crippen LogP contribution in [0.5, 0.6) is 0 Å². The standard InChI is InChI=1S/C26H23F3N6S/c1-17(2)22-5-3-4-6-23(22)35(25(30)36)32-15-18-7-9-19(10-8-18)24-31-16-34(33-24)21-13-11-20(12-14-21)26(27,28)29/h3-17H,1-2H3,(H2,30,36)/b32-15+. The van der Waals surface area contributed by atoms with E-state index in [2.05, 4.69) is 29.0 Å². The minimum atomic E-state index is -4.39. The summed E-state index contributed by atoms with van der Waals surface area (Å²) in [6, 6.07) is 19.9. The molecular formula is C26H23F3N6S. The Labute approximate surface area is 211 Å². The number of benzene rings is 3. The molecule has 0 bridgehead atoms. The van der Waals surface area contributed by atoms with Crippen LogP contribution < -0.4 is 10.7 Å². The van der Waals surface area contributed by atoms with Gasteiger partial charge in [0.05, 0.1) is 23.2 Å². The molecule has 0 spiro atoms. The number of nitrogens with two attached hydrogens (primary N) is 1. The first-order chi connectivity index (χ1) is 17.1. The molecule has 0 atom stereocenters. The summed E-state index contributed by atoms with van der Waals surface area (Å²) >= 11 is 5.23. The van der Waals surface area contributed by atoms with E-state index in [1.807, 2.05) is 48.5 Å². The zero-order chi connectivity index (χ0) is 25.9. The van der Waals surface area contributed by atoms with Crippen LogP contribution in [0.15, 0.2) is 84.2 Å². The van der Waals surface area contributed by atoms with Gasteiger partial charge in [0, 0.05) is 5.56 Å². The number of hydrazone groups is 1. The van der Waals surface area contributed by atoms with Gasteiger partial charge in [-0.2, -0.15) is 18.3 Å². The molecule has 1 aromatic heterocycles. The topological polar surface area (TPSA) is 72.3 Å². The lowest BCUT2D eigenvalue weighted by molar-refractivity contribution is -0.137. The molecule has 2 N–H and O–H groups in total. The van der Waals surface area contributed by atoms with E-state index < -0.39 is 11.7 Å². The van der Waals surface area contributed by atoms with Crippen LogP contribution >= 0.6 is 12.2 Å². The normalized spacial score (nSPS) is 11.8. The smallest absolute Gasteiger partial charge is 0.374 e. The summed E-state index contributed by atoms with van der Waals surface area (Å²) in [6.45, 7) is 4.18. The number of alkyl halides is 3. The molecule has 10 heteroatoms. The van der Waals surface area contributed by atoms with E-state index in [4.69, 9.17) is 18.0 Å². The van der Waals surface area contributed by atoms with E-state index in [1.54, 1.807) is 6.21 Å². The molecule has 1 heterocycles. The molecule has 0 aliphatic carbocycles. The second-order valence-corrected chi connectivity index (χ2v) is 8.71. The van der Waals surface area contributed by atoms with Gasteiger partial charge in [-0.3, -0.25) is 0 Å². The minimum Gasteiger partial charge on any atom is -0.374 e. The van der Waals surface area contributed by atoms with Gasteiger partial charge < -0.3 is 5.73 Å². The molecule has 0 aliphatic heterocycles. The molecule has 4 aromatic rings. The molecule has 6 nitrogen and oxygen atoms in total. The number of hydrogen-bond acceptors (Lipinski definition) is 4. The largest absolute Gasteiger partial charge is 0.416 e. The molecule has 0 saturated heterocycles. The van der Waals surface area contributed by atoms with Crippen LogP contribution in [-0.4, -0.2) is 26.1 Å². The molecule has 184 valence electrons. The number of nitrogens with zero attached hydrogens (tertiary/aromatic N) is 5. The van der Waals surface area contributed by atoms with Crippen molar-refractivity contribution in [2.45, 2.75) is 25.9 Å². The fourth-order valence-corrected chi connectivity index (χ4v) is 3.72. The first kappa shape index (κ1) is 25.1. The number of aromatic nitrogens is 3. The van der Waals surface area contributed by atoms with Gasteiger partial charge in [0.25, 0.3) is 0 Å². The lowest BCUT2D eigenvalue weighted by atomic mass is 10.0. The van der Waals surface area contributed by atoms with Gasteiger partial charge in [-0.1, -0.05) is 56.3 Å². The lowest BCUT2D eigenvalue weighted by Gasteiger charge is -2.21. The molecule has 0 unspecified atom stereocenters. The monoisotopic (exact) mass is 508 g/mol. The van der Waals surface area contributed by atoms with Crippen molar-refractivity contribution in [3.05, 3.63) is 95.8 Å². The predicted molar refractivity (Wildman–Crippen MR) is 139 cm³/mol. The lowest BCUT2D eigenvalue weighted by Crippen LogP contribution is -2.31. The summed E-state index contributed by atoms with van der Waals surface area (Å²) in [4.78, 5) is 4.28. The first-order valence-electron chi connectivity index (χ1n) is 11.1. The molecule has 3 aromatic carbocycles. The summed E-state index contributed by atoms with van der Waals surface area (Å²) in [5, 5.41) is 10.6. The van der Waals surface area contributed by atoms with E-state index in [0.717, 1.165) is 34.5 Å². The zero-order valence-corrected chi connectivity index (χ0v) is 20.3. The summed E-state index contributed by atoms with van der Waals surface area (Å²) in [5.41, 5.74) is 9.17. The average Bonchev–Trinajstić information content (AvgIpc) is 3.34. The first-order valence-corrected chi connectivity index (χ1v) is 11.5. The van der Waals surface area contributed by atoms with Crippen molar-refractivity contribution >= 4 is 29.2 Å². The number of anilines is 1. The number of halogens is 3. The summed E-state index contributed by atoms with van der Waals surface area (Å²) < 4.78 is 39.8. The molecule has 36 heavy (non-hydrogen) atoms. The van der Waals surface area contributed by atoms with Crippen molar-refractivity contribution in [3.8, 4) is 17.1 Å². The Morgan fingerprint density at radius 2 is 1.69 bits per heavy atom. The van der Waals surface area contributed by atoms with Crippen LogP contribution in [0.1, 0.15) is 36.5 Å². The van der Waals surface area contributed by atoms with Gasteiger partial charge >= 0.3 is 6.18 Å². The maximum absolute atomic E-state index is 12.8. The number of thiocarbonyl (C=S) groups is 1. The SMILES string of the molecule is CC(C)c1ccccc1N(/N=C/c1ccc(-c2ncn(-c3ccc(C(F)(F)F)cc3)n2)cc1)C(N)=S. The van der Waals surface area contributed by atoms with E-state index in [1.165, 1.54) is 28.2 Å². The van der Waals surface area contributed by atoms with Crippen molar-refractivity contribution < 1.29 is 13.2 Å². The maximum atomic E-state index is 12.8. The highest BCUT2D eigenvalue weighted by Gasteiger charge is 2.30. The van der Waals surface area contributed by atoms with Gasteiger partial charge in [0.1, 0.15) is 6.33 Å². The van der Waals surface area contributed by atoms with Gasteiger partial charge in [0.15, 0.2) is 10.9 Å². The highest BCUT2D eigenvalue weighted by Crippen LogP contribution is 2.30. The van der Waals surface area contributed by atoms with Crippen molar-refractivity contribution in [1.29, 1.82) is 0 Å². The van der Waals surface area contributed by atoms with Gasteiger partial charge in [0.2, 0.25) is 0 Å². The summed E-state index contributed by atoms with van der Waals surface area (Å²) in [6.07, 6.45) is -1.27. The summed E-state index contributed by atoms with van der Waals surface area (Å²) in [5.74, 6) is 0.705. The molecular weight excluding hydrogens is 485 g/mol. The Kier molecular flexibility index (Phi) is 7.16. The fourth-order valence-electron chi connectivity index (χ4n) is 3.57. The zero-order valence-electron chi connectivity index (χ0n) is 19.5. The Hall–Kier alpha value is -4.05. The highest BCUT2D eigenvalue weighted by atomic mass is 32.1. The van der Waals surface area contributed by atoms with E-state index >= 15 is 0 Å². The molecule has 0 aliphatic rings. The van der Waals surface area contributed by atoms with E-state index in [0.29, 0.717) is 11.5 Å². The highest BCUT2D eigenvalue weighted by molar-refractivity contribution is 7.80. The van der Waals surface area contributed by atoms with Crippen LogP contribution in [0.2, 0.25) is 0 Å². The van der Waals surface area contributed by atoms with Crippen molar-refractivity contribution in [1.82, 2.24) is 14.8 Å². The number of rotatable bonds is 6. The number of para-hydroxylation sites is 1.